The fourth-order valence-electron chi connectivity index (χ4n) is 1.65. The van der Waals surface area contributed by atoms with E-state index in [9.17, 15) is 9.59 Å². The molecule has 0 saturated heterocycles. The van der Waals surface area contributed by atoms with Crippen LogP contribution in [0.2, 0.25) is 0 Å². The molecule has 0 fully saturated rings. The van der Waals surface area contributed by atoms with E-state index in [1.54, 1.807) is 12.1 Å². The number of carboxylic acid groups (broad SMARTS) is 1. The van der Waals surface area contributed by atoms with Crippen LogP contribution < -0.4 is 5.73 Å². The van der Waals surface area contributed by atoms with Crippen LogP contribution in [0.3, 0.4) is 0 Å². The minimum absolute atomic E-state index is 0.0364. The predicted molar refractivity (Wildman–Crippen MR) is 69.2 cm³/mol. The van der Waals surface area contributed by atoms with Crippen LogP contribution >= 0.6 is 0 Å². The first-order chi connectivity index (χ1) is 8.40. The SMILES string of the molecule is CC(CC(=O)N(C)CC(=O)O)c1ccc(N)cc1. The Morgan fingerprint density at radius 1 is 1.33 bits per heavy atom. The lowest BCUT2D eigenvalue weighted by atomic mass is 9.97. The third-order valence-corrected chi connectivity index (χ3v) is 2.78. The zero-order valence-corrected chi connectivity index (χ0v) is 10.6. The van der Waals surface area contributed by atoms with Gasteiger partial charge in [-0.1, -0.05) is 19.1 Å². The second-order valence-corrected chi connectivity index (χ2v) is 4.42. The van der Waals surface area contributed by atoms with Crippen LogP contribution in [-0.4, -0.2) is 35.5 Å². The molecule has 98 valence electrons. The van der Waals surface area contributed by atoms with E-state index >= 15 is 0 Å². The molecule has 1 aromatic carbocycles. The van der Waals surface area contributed by atoms with Gasteiger partial charge >= 0.3 is 5.97 Å². The summed E-state index contributed by atoms with van der Waals surface area (Å²) in [5.41, 5.74) is 7.29. The number of nitrogens with two attached hydrogens (primary N) is 1. The Balaban J connectivity index is 2.59. The van der Waals surface area contributed by atoms with Gasteiger partial charge in [-0.3, -0.25) is 9.59 Å². The van der Waals surface area contributed by atoms with Gasteiger partial charge in [-0.25, -0.2) is 0 Å². The van der Waals surface area contributed by atoms with Crippen LogP contribution in [0.4, 0.5) is 5.69 Å². The molecule has 1 atom stereocenters. The molecule has 0 radical (unpaired) electrons. The topological polar surface area (TPSA) is 83.6 Å². The highest BCUT2D eigenvalue weighted by Gasteiger charge is 2.16. The van der Waals surface area contributed by atoms with Crippen molar-refractivity contribution >= 4 is 17.6 Å². The molecular weight excluding hydrogens is 232 g/mol. The summed E-state index contributed by atoms with van der Waals surface area (Å²) in [5, 5.41) is 8.61. The number of nitrogen functional groups attached to an aromatic ring is 1. The number of nitrogens with zero attached hydrogens (tertiary/aromatic N) is 1. The number of carbonyl (C=O) groups is 2. The molecule has 0 aliphatic rings. The van der Waals surface area contributed by atoms with Crippen LogP contribution in [0.5, 0.6) is 0 Å². The molecule has 5 heteroatoms. The summed E-state index contributed by atoms with van der Waals surface area (Å²) < 4.78 is 0. The van der Waals surface area contributed by atoms with Crippen molar-refractivity contribution in [1.82, 2.24) is 4.90 Å². The van der Waals surface area contributed by atoms with Gasteiger partial charge in [0.15, 0.2) is 0 Å². The minimum Gasteiger partial charge on any atom is -0.480 e. The van der Waals surface area contributed by atoms with Gasteiger partial charge in [0.1, 0.15) is 6.54 Å². The summed E-state index contributed by atoms with van der Waals surface area (Å²) in [7, 11) is 1.49. The number of hydrogen-bond donors (Lipinski definition) is 2. The Labute approximate surface area is 106 Å². The van der Waals surface area contributed by atoms with Crippen LogP contribution in [0.15, 0.2) is 24.3 Å². The van der Waals surface area contributed by atoms with Crippen molar-refractivity contribution in [3.8, 4) is 0 Å². The molecule has 0 aliphatic heterocycles. The second-order valence-electron chi connectivity index (χ2n) is 4.42. The molecule has 0 saturated carbocycles. The molecule has 0 heterocycles. The number of carboxylic acids is 1. The Kier molecular flexibility index (Phi) is 4.71. The smallest absolute Gasteiger partial charge is 0.323 e. The summed E-state index contributed by atoms with van der Waals surface area (Å²) in [6.45, 7) is 1.66. The number of carbonyl (C=O) groups excluding carboxylic acids is 1. The van der Waals surface area contributed by atoms with E-state index in [2.05, 4.69) is 0 Å². The first kappa shape index (κ1) is 14.0. The summed E-state index contributed by atoms with van der Waals surface area (Å²) in [4.78, 5) is 23.5. The molecule has 0 aromatic heterocycles. The van der Waals surface area contributed by atoms with Crippen molar-refractivity contribution in [2.75, 3.05) is 19.3 Å². The predicted octanol–water partition coefficient (Wildman–Crippen LogP) is 1.31. The molecule has 1 rings (SSSR count). The van der Waals surface area contributed by atoms with Gasteiger partial charge < -0.3 is 15.7 Å². The van der Waals surface area contributed by atoms with Crippen LogP contribution in [-0.2, 0) is 9.59 Å². The maximum Gasteiger partial charge on any atom is 0.323 e. The molecule has 5 nitrogen and oxygen atoms in total. The van der Waals surface area contributed by atoms with E-state index in [1.807, 2.05) is 19.1 Å². The number of benzene rings is 1. The number of likely N-dealkylation sites (N-methyl/N-ethyl adjacent to an activating group) is 1. The highest BCUT2D eigenvalue weighted by molar-refractivity contribution is 5.81. The summed E-state index contributed by atoms with van der Waals surface area (Å²) >= 11 is 0. The summed E-state index contributed by atoms with van der Waals surface area (Å²) in [5.74, 6) is -1.15. The fourth-order valence-corrected chi connectivity index (χ4v) is 1.65. The Hall–Kier alpha value is -2.04. The highest BCUT2D eigenvalue weighted by Crippen LogP contribution is 2.20. The molecular formula is C13H18N2O3. The average Bonchev–Trinajstić information content (AvgIpc) is 2.28. The van der Waals surface area contributed by atoms with Gasteiger partial charge in [-0.15, -0.1) is 0 Å². The lowest BCUT2D eigenvalue weighted by molar-refractivity contribution is -0.143. The largest absolute Gasteiger partial charge is 0.480 e. The van der Waals surface area contributed by atoms with Gasteiger partial charge in [0.05, 0.1) is 0 Å². The van der Waals surface area contributed by atoms with Crippen LogP contribution in [0, 0.1) is 0 Å². The average molecular weight is 250 g/mol. The van der Waals surface area contributed by atoms with Crippen molar-refractivity contribution < 1.29 is 14.7 Å². The van der Waals surface area contributed by atoms with E-state index in [4.69, 9.17) is 10.8 Å². The lowest BCUT2D eigenvalue weighted by Crippen LogP contribution is -2.32. The van der Waals surface area contributed by atoms with Crippen LogP contribution in [0.25, 0.3) is 0 Å². The van der Waals surface area contributed by atoms with E-state index in [0.717, 1.165) is 5.56 Å². The fraction of sp³-hybridized carbons (Fsp3) is 0.385. The van der Waals surface area contributed by atoms with Crippen molar-refractivity contribution in [2.24, 2.45) is 0 Å². The normalized spacial score (nSPS) is 11.9. The summed E-state index contributed by atoms with van der Waals surface area (Å²) in [6.07, 6.45) is 0.285. The molecule has 0 spiro atoms. The van der Waals surface area contributed by atoms with Gasteiger partial charge in [0, 0.05) is 19.2 Å². The molecule has 3 N–H and O–H groups in total. The zero-order chi connectivity index (χ0) is 13.7. The molecule has 1 amide bonds. The van der Waals surface area contributed by atoms with Crippen molar-refractivity contribution in [2.45, 2.75) is 19.3 Å². The third-order valence-electron chi connectivity index (χ3n) is 2.78. The zero-order valence-electron chi connectivity index (χ0n) is 10.6. The quantitative estimate of drug-likeness (QED) is 0.772. The number of hydrogen-bond acceptors (Lipinski definition) is 3. The highest BCUT2D eigenvalue weighted by atomic mass is 16.4. The monoisotopic (exact) mass is 250 g/mol. The first-order valence-corrected chi connectivity index (χ1v) is 5.71. The van der Waals surface area contributed by atoms with Crippen molar-refractivity contribution in [1.29, 1.82) is 0 Å². The molecule has 0 aliphatic carbocycles. The standard InChI is InChI=1S/C13H18N2O3/c1-9(10-3-5-11(14)6-4-10)7-12(16)15(2)8-13(17)18/h3-6,9H,7-8,14H2,1-2H3,(H,17,18). The van der Waals surface area contributed by atoms with Crippen molar-refractivity contribution in [3.05, 3.63) is 29.8 Å². The van der Waals surface area contributed by atoms with E-state index in [1.165, 1.54) is 11.9 Å². The Bertz CT molecular complexity index is 428. The number of aliphatic carboxylic acids is 1. The molecule has 18 heavy (non-hydrogen) atoms. The number of anilines is 1. The Morgan fingerprint density at radius 2 is 1.89 bits per heavy atom. The first-order valence-electron chi connectivity index (χ1n) is 5.71. The molecule has 1 unspecified atom stereocenters. The molecule has 0 bridgehead atoms. The third kappa shape index (κ3) is 4.08. The lowest BCUT2D eigenvalue weighted by Gasteiger charge is -2.18. The Morgan fingerprint density at radius 3 is 2.39 bits per heavy atom. The minimum atomic E-state index is -1.01. The number of amides is 1. The van der Waals surface area contributed by atoms with Crippen molar-refractivity contribution in [3.63, 3.8) is 0 Å². The van der Waals surface area contributed by atoms with Crippen LogP contribution in [0.1, 0.15) is 24.8 Å². The van der Waals surface area contributed by atoms with E-state index in [0.29, 0.717) is 5.69 Å². The summed E-state index contributed by atoms with van der Waals surface area (Å²) in [6, 6.07) is 7.34. The van der Waals surface area contributed by atoms with Gasteiger partial charge in [-0.2, -0.15) is 0 Å². The van der Waals surface area contributed by atoms with Gasteiger partial charge in [-0.05, 0) is 23.6 Å². The van der Waals surface area contributed by atoms with E-state index in [-0.39, 0.29) is 24.8 Å². The number of rotatable bonds is 5. The van der Waals surface area contributed by atoms with Gasteiger partial charge in [0.2, 0.25) is 5.91 Å². The van der Waals surface area contributed by atoms with E-state index < -0.39 is 5.97 Å². The molecule has 1 aromatic rings. The maximum atomic E-state index is 11.8. The second kappa shape index (κ2) is 6.05. The maximum absolute atomic E-state index is 11.8. The van der Waals surface area contributed by atoms with Gasteiger partial charge in [0.25, 0.3) is 0 Å².